The lowest BCUT2D eigenvalue weighted by Gasteiger charge is -2.13. The van der Waals surface area contributed by atoms with Crippen LogP contribution in [0.15, 0.2) is 109 Å². The first-order valence-corrected chi connectivity index (χ1v) is 9.90. The minimum Gasteiger partial charge on any atom is -0.375 e. The molecule has 4 rings (SSSR count). The van der Waals surface area contributed by atoms with Crippen LogP contribution < -0.4 is 10.9 Å². The molecule has 30 heavy (non-hydrogen) atoms. The summed E-state index contributed by atoms with van der Waals surface area (Å²) in [4.78, 5) is 17.6. The lowest BCUT2D eigenvalue weighted by Crippen LogP contribution is -2.25. The lowest BCUT2D eigenvalue weighted by molar-refractivity contribution is 0.766. The second-order valence-corrected chi connectivity index (χ2v) is 6.98. The van der Waals surface area contributed by atoms with E-state index in [1.54, 1.807) is 16.8 Å². The number of hydrogen-bond donors (Lipinski definition) is 1. The Morgan fingerprint density at radius 1 is 0.833 bits per heavy atom. The van der Waals surface area contributed by atoms with Gasteiger partial charge in [-0.05, 0) is 16.7 Å². The van der Waals surface area contributed by atoms with Gasteiger partial charge in [0.05, 0.1) is 6.20 Å². The molecule has 3 aromatic carbocycles. The summed E-state index contributed by atoms with van der Waals surface area (Å²) in [5.74, 6) is 0.637. The van der Waals surface area contributed by atoms with Gasteiger partial charge in [0, 0.05) is 18.7 Å². The highest BCUT2D eigenvalue weighted by molar-refractivity contribution is 5.63. The lowest BCUT2D eigenvalue weighted by atomic mass is 10.0. The minimum atomic E-state index is -0.107. The van der Waals surface area contributed by atoms with E-state index in [4.69, 9.17) is 0 Å². The van der Waals surface area contributed by atoms with Gasteiger partial charge in [0.1, 0.15) is 11.5 Å². The SMILES string of the molecule is C=CCn1c(-c2ccccc2)ncc(NCc2ccc(-c3ccccc3)cc2)c1=O. The van der Waals surface area contributed by atoms with Crippen molar-refractivity contribution in [3.8, 4) is 22.5 Å². The van der Waals surface area contributed by atoms with E-state index in [1.165, 1.54) is 11.1 Å². The molecule has 1 aromatic heterocycles. The van der Waals surface area contributed by atoms with Crippen LogP contribution >= 0.6 is 0 Å². The number of anilines is 1. The van der Waals surface area contributed by atoms with Crippen LogP contribution in [-0.4, -0.2) is 9.55 Å². The molecule has 0 fully saturated rings. The van der Waals surface area contributed by atoms with E-state index in [2.05, 4.69) is 53.3 Å². The highest BCUT2D eigenvalue weighted by Crippen LogP contribution is 2.20. The van der Waals surface area contributed by atoms with Gasteiger partial charge >= 0.3 is 0 Å². The summed E-state index contributed by atoms with van der Waals surface area (Å²) in [6, 6.07) is 28.3. The fourth-order valence-corrected chi connectivity index (χ4v) is 3.37. The zero-order valence-corrected chi connectivity index (χ0v) is 16.7. The van der Waals surface area contributed by atoms with Gasteiger partial charge in [-0.2, -0.15) is 0 Å². The maximum Gasteiger partial charge on any atom is 0.277 e. The van der Waals surface area contributed by atoms with E-state index in [0.29, 0.717) is 24.6 Å². The van der Waals surface area contributed by atoms with Crippen molar-refractivity contribution in [2.24, 2.45) is 0 Å². The van der Waals surface area contributed by atoms with Crippen LogP contribution in [0.25, 0.3) is 22.5 Å². The van der Waals surface area contributed by atoms with Gasteiger partial charge < -0.3 is 5.32 Å². The van der Waals surface area contributed by atoms with Crippen molar-refractivity contribution in [3.05, 3.63) is 120 Å². The summed E-state index contributed by atoms with van der Waals surface area (Å²) in [6.07, 6.45) is 3.32. The van der Waals surface area contributed by atoms with Crippen LogP contribution in [0.3, 0.4) is 0 Å². The molecule has 1 heterocycles. The quantitative estimate of drug-likeness (QED) is 0.429. The van der Waals surface area contributed by atoms with Crippen molar-refractivity contribution in [2.45, 2.75) is 13.1 Å². The van der Waals surface area contributed by atoms with Crippen LogP contribution in [-0.2, 0) is 13.1 Å². The predicted octanol–water partition coefficient (Wildman–Crippen LogP) is 5.38. The first-order chi connectivity index (χ1) is 14.8. The number of nitrogens with zero attached hydrogens (tertiary/aromatic N) is 2. The van der Waals surface area contributed by atoms with Crippen molar-refractivity contribution < 1.29 is 0 Å². The average molecular weight is 393 g/mol. The van der Waals surface area contributed by atoms with Crippen LogP contribution in [0.5, 0.6) is 0 Å². The third-order valence-corrected chi connectivity index (χ3v) is 4.93. The Morgan fingerprint density at radius 2 is 1.43 bits per heavy atom. The van der Waals surface area contributed by atoms with E-state index >= 15 is 0 Å². The Balaban J connectivity index is 1.54. The molecule has 4 nitrogen and oxygen atoms in total. The molecule has 148 valence electrons. The van der Waals surface area contributed by atoms with Crippen LogP contribution in [0.1, 0.15) is 5.56 Å². The van der Waals surface area contributed by atoms with Gasteiger partial charge in [0.2, 0.25) is 0 Å². The molecular formula is C26H23N3O. The Hall–Kier alpha value is -3.92. The van der Waals surface area contributed by atoms with Gasteiger partial charge in [-0.15, -0.1) is 6.58 Å². The molecule has 4 heteroatoms. The Kier molecular flexibility index (Phi) is 5.85. The van der Waals surface area contributed by atoms with E-state index < -0.39 is 0 Å². The zero-order valence-electron chi connectivity index (χ0n) is 16.7. The summed E-state index contributed by atoms with van der Waals surface area (Å²) >= 11 is 0. The molecule has 1 N–H and O–H groups in total. The van der Waals surface area contributed by atoms with E-state index in [0.717, 1.165) is 11.1 Å². The minimum absolute atomic E-state index is 0.107. The summed E-state index contributed by atoms with van der Waals surface area (Å²) < 4.78 is 1.64. The first kappa shape index (κ1) is 19.4. The third kappa shape index (κ3) is 4.23. The van der Waals surface area contributed by atoms with E-state index in [1.807, 2.05) is 48.5 Å². The molecule has 0 aliphatic rings. The average Bonchev–Trinajstić information content (AvgIpc) is 2.81. The van der Waals surface area contributed by atoms with Crippen molar-refractivity contribution >= 4 is 5.69 Å². The molecule has 0 aliphatic heterocycles. The maximum atomic E-state index is 13.0. The molecule has 0 saturated heterocycles. The largest absolute Gasteiger partial charge is 0.375 e. The first-order valence-electron chi connectivity index (χ1n) is 9.90. The molecule has 0 atom stereocenters. The fourth-order valence-electron chi connectivity index (χ4n) is 3.37. The molecular weight excluding hydrogens is 370 g/mol. The topological polar surface area (TPSA) is 46.9 Å². The Morgan fingerprint density at radius 3 is 2.07 bits per heavy atom. The highest BCUT2D eigenvalue weighted by Gasteiger charge is 2.11. The number of hydrogen-bond acceptors (Lipinski definition) is 3. The van der Waals surface area contributed by atoms with Gasteiger partial charge in [0.15, 0.2) is 0 Å². The molecule has 0 radical (unpaired) electrons. The summed E-state index contributed by atoms with van der Waals surface area (Å²) in [6.45, 7) is 4.73. The van der Waals surface area contributed by atoms with E-state index in [9.17, 15) is 4.79 Å². The van der Waals surface area contributed by atoms with Gasteiger partial charge in [0.25, 0.3) is 5.56 Å². The summed E-state index contributed by atoms with van der Waals surface area (Å²) in [5.41, 5.74) is 4.72. The van der Waals surface area contributed by atoms with Crippen molar-refractivity contribution in [1.82, 2.24) is 9.55 Å². The van der Waals surface area contributed by atoms with Crippen LogP contribution in [0.4, 0.5) is 5.69 Å². The van der Waals surface area contributed by atoms with Gasteiger partial charge in [-0.25, -0.2) is 4.98 Å². The molecule has 0 spiro atoms. The van der Waals surface area contributed by atoms with Crippen LogP contribution in [0, 0.1) is 0 Å². The van der Waals surface area contributed by atoms with Gasteiger partial charge in [-0.3, -0.25) is 9.36 Å². The monoisotopic (exact) mass is 393 g/mol. The number of aromatic nitrogens is 2. The standard InChI is InChI=1S/C26H23N3O/c1-2-17-29-25(23-11-7-4-8-12-23)28-19-24(26(29)30)27-18-20-13-15-22(16-14-20)21-9-5-3-6-10-21/h2-16,19,27H,1,17-18H2. The Bertz CT molecular complexity index is 1180. The maximum absolute atomic E-state index is 13.0. The predicted molar refractivity (Wildman–Crippen MR) is 123 cm³/mol. The van der Waals surface area contributed by atoms with Crippen molar-refractivity contribution in [2.75, 3.05) is 5.32 Å². The summed E-state index contributed by atoms with van der Waals surface area (Å²) in [7, 11) is 0. The Labute approximate surface area is 176 Å². The molecule has 0 bridgehead atoms. The van der Waals surface area contributed by atoms with Crippen molar-refractivity contribution in [1.29, 1.82) is 0 Å². The zero-order chi connectivity index (χ0) is 20.8. The number of allylic oxidation sites excluding steroid dienone is 1. The van der Waals surface area contributed by atoms with Crippen LogP contribution in [0.2, 0.25) is 0 Å². The fraction of sp³-hybridized carbons (Fsp3) is 0.0769. The number of rotatable bonds is 7. The second kappa shape index (κ2) is 9.05. The number of benzene rings is 3. The molecule has 0 aliphatic carbocycles. The molecule has 4 aromatic rings. The van der Waals surface area contributed by atoms with Gasteiger partial charge in [-0.1, -0.05) is 91.0 Å². The normalized spacial score (nSPS) is 10.5. The second-order valence-electron chi connectivity index (χ2n) is 6.98. The number of nitrogens with one attached hydrogen (secondary N) is 1. The van der Waals surface area contributed by atoms with Crippen molar-refractivity contribution in [3.63, 3.8) is 0 Å². The molecule has 0 saturated carbocycles. The molecule has 0 unspecified atom stereocenters. The summed E-state index contributed by atoms with van der Waals surface area (Å²) in [5, 5.41) is 3.24. The molecule has 0 amide bonds. The third-order valence-electron chi connectivity index (χ3n) is 4.93. The van der Waals surface area contributed by atoms with E-state index in [-0.39, 0.29) is 5.56 Å². The smallest absolute Gasteiger partial charge is 0.277 e. The highest BCUT2D eigenvalue weighted by atomic mass is 16.1.